The molecular weight excluding hydrogens is 330 g/mol. The summed E-state index contributed by atoms with van der Waals surface area (Å²) in [6, 6.07) is 6.52. The first-order valence-corrected chi connectivity index (χ1v) is 7.84. The minimum Gasteiger partial charge on any atom is -0.339 e. The Morgan fingerprint density at radius 1 is 1.28 bits per heavy atom. The second kappa shape index (κ2) is 6.12. The Hall–Kier alpha value is -3.03. The number of rotatable bonds is 5. The quantitative estimate of drug-likeness (QED) is 0.770. The molecule has 1 saturated carbocycles. The van der Waals surface area contributed by atoms with Crippen LogP contribution >= 0.6 is 0 Å². The van der Waals surface area contributed by atoms with Crippen LogP contribution in [0.25, 0.3) is 0 Å². The van der Waals surface area contributed by atoms with E-state index in [0.717, 1.165) is 25.0 Å². The van der Waals surface area contributed by atoms with Gasteiger partial charge in [-0.1, -0.05) is 5.16 Å². The summed E-state index contributed by atoms with van der Waals surface area (Å²) in [5.41, 5.74) is 0.523. The fourth-order valence-corrected chi connectivity index (χ4v) is 2.51. The molecule has 2 aromatic heterocycles. The van der Waals surface area contributed by atoms with Gasteiger partial charge in [-0.15, -0.1) is 0 Å². The molecule has 3 aromatic rings. The van der Waals surface area contributed by atoms with E-state index in [1.807, 2.05) is 0 Å². The summed E-state index contributed by atoms with van der Waals surface area (Å²) in [6.07, 6.45) is 3.84. The van der Waals surface area contributed by atoms with Crippen LogP contribution in [0.4, 0.5) is 14.5 Å². The van der Waals surface area contributed by atoms with Gasteiger partial charge in [0, 0.05) is 23.9 Å². The van der Waals surface area contributed by atoms with E-state index in [1.165, 1.54) is 6.07 Å². The standard InChI is InChI=1S/C17H14F2N4O2/c18-12-6-5-11(8-13(12)19)20-16(24)14-2-1-7-23(14)9-15-21-17(25-22-15)10-3-4-10/h1-2,5-8,10H,3-4,9H2,(H,20,24). The predicted octanol–water partition coefficient (Wildman–Crippen LogP) is 3.33. The summed E-state index contributed by atoms with van der Waals surface area (Å²) < 4.78 is 33.1. The molecule has 0 radical (unpaired) electrons. The maximum Gasteiger partial charge on any atom is 0.272 e. The topological polar surface area (TPSA) is 73.0 Å². The normalized spacial score (nSPS) is 13.8. The minimum atomic E-state index is -1.02. The molecule has 6 nitrogen and oxygen atoms in total. The van der Waals surface area contributed by atoms with E-state index in [9.17, 15) is 13.6 Å². The summed E-state index contributed by atoms with van der Waals surface area (Å²) in [7, 11) is 0. The zero-order valence-electron chi connectivity index (χ0n) is 13.1. The number of carbonyl (C=O) groups excluding carboxylic acids is 1. The molecule has 0 atom stereocenters. The van der Waals surface area contributed by atoms with Crippen LogP contribution in [-0.2, 0) is 6.54 Å². The molecule has 0 bridgehead atoms. The van der Waals surface area contributed by atoms with Crippen LogP contribution in [0, 0.1) is 11.6 Å². The largest absolute Gasteiger partial charge is 0.339 e. The molecule has 1 aromatic carbocycles. The number of aromatic nitrogens is 3. The van der Waals surface area contributed by atoms with E-state index < -0.39 is 17.5 Å². The van der Waals surface area contributed by atoms with Gasteiger partial charge in [-0.3, -0.25) is 4.79 Å². The van der Waals surface area contributed by atoms with E-state index in [1.54, 1.807) is 22.9 Å². The molecule has 0 aliphatic heterocycles. The summed E-state index contributed by atoms with van der Waals surface area (Å²) in [4.78, 5) is 16.7. The van der Waals surface area contributed by atoms with Crippen molar-refractivity contribution < 1.29 is 18.1 Å². The Balaban J connectivity index is 1.49. The summed E-state index contributed by atoms with van der Waals surface area (Å²) in [5, 5.41) is 6.47. The number of halogens is 2. The van der Waals surface area contributed by atoms with Crippen LogP contribution in [-0.4, -0.2) is 20.6 Å². The Morgan fingerprint density at radius 2 is 2.12 bits per heavy atom. The SMILES string of the molecule is O=C(Nc1ccc(F)c(F)c1)c1cccn1Cc1noc(C2CC2)n1. The van der Waals surface area contributed by atoms with E-state index in [4.69, 9.17) is 4.52 Å². The minimum absolute atomic E-state index is 0.173. The monoisotopic (exact) mass is 344 g/mol. The van der Waals surface area contributed by atoms with E-state index in [0.29, 0.717) is 23.3 Å². The Kier molecular flexibility index (Phi) is 3.79. The first kappa shape index (κ1) is 15.5. The summed E-state index contributed by atoms with van der Waals surface area (Å²) in [5.74, 6) is -0.948. The third-order valence-corrected chi connectivity index (χ3v) is 3.96. The van der Waals surface area contributed by atoms with Gasteiger partial charge in [-0.25, -0.2) is 8.78 Å². The van der Waals surface area contributed by atoms with Crippen molar-refractivity contribution in [1.82, 2.24) is 14.7 Å². The molecule has 1 aliphatic carbocycles. The van der Waals surface area contributed by atoms with Crippen LogP contribution < -0.4 is 5.32 Å². The van der Waals surface area contributed by atoms with Gasteiger partial charge in [-0.05, 0) is 37.1 Å². The summed E-state index contributed by atoms with van der Waals surface area (Å²) >= 11 is 0. The molecule has 0 unspecified atom stereocenters. The third kappa shape index (κ3) is 3.28. The van der Waals surface area contributed by atoms with Gasteiger partial charge in [0.2, 0.25) is 5.89 Å². The van der Waals surface area contributed by atoms with Crippen molar-refractivity contribution in [2.24, 2.45) is 0 Å². The smallest absolute Gasteiger partial charge is 0.272 e. The lowest BCUT2D eigenvalue weighted by atomic mass is 10.3. The third-order valence-electron chi connectivity index (χ3n) is 3.96. The second-order valence-corrected chi connectivity index (χ2v) is 5.93. The number of nitrogens with one attached hydrogen (secondary N) is 1. The van der Waals surface area contributed by atoms with Crippen molar-refractivity contribution in [3.05, 3.63) is 65.6 Å². The van der Waals surface area contributed by atoms with E-state index in [2.05, 4.69) is 15.5 Å². The second-order valence-electron chi connectivity index (χ2n) is 5.93. The molecule has 1 N–H and O–H groups in total. The van der Waals surface area contributed by atoms with Crippen molar-refractivity contribution in [2.45, 2.75) is 25.3 Å². The lowest BCUT2D eigenvalue weighted by Crippen LogP contribution is -2.17. The highest BCUT2D eigenvalue weighted by Gasteiger charge is 2.29. The van der Waals surface area contributed by atoms with Crippen LogP contribution in [0.1, 0.15) is 41.0 Å². The zero-order valence-corrected chi connectivity index (χ0v) is 13.1. The maximum atomic E-state index is 13.3. The fraction of sp³-hybridized carbons (Fsp3) is 0.235. The van der Waals surface area contributed by atoms with Gasteiger partial charge < -0.3 is 14.4 Å². The van der Waals surface area contributed by atoms with E-state index in [-0.39, 0.29) is 12.2 Å². The lowest BCUT2D eigenvalue weighted by Gasteiger charge is -2.08. The molecule has 0 saturated heterocycles. The number of nitrogens with zero attached hydrogens (tertiary/aromatic N) is 3. The van der Waals surface area contributed by atoms with Crippen molar-refractivity contribution in [2.75, 3.05) is 5.32 Å². The maximum absolute atomic E-state index is 13.3. The first-order valence-electron chi connectivity index (χ1n) is 7.84. The number of hydrogen-bond acceptors (Lipinski definition) is 4. The molecule has 2 heterocycles. The van der Waals surface area contributed by atoms with Crippen molar-refractivity contribution in [1.29, 1.82) is 0 Å². The average Bonchev–Trinajstić information content (AvgIpc) is 3.15. The highest BCUT2D eigenvalue weighted by molar-refractivity contribution is 6.03. The predicted molar refractivity (Wildman–Crippen MR) is 84.1 cm³/mol. The van der Waals surface area contributed by atoms with Gasteiger partial charge in [0.15, 0.2) is 17.5 Å². The molecule has 1 amide bonds. The summed E-state index contributed by atoms with van der Waals surface area (Å²) in [6.45, 7) is 0.282. The molecule has 0 spiro atoms. The van der Waals surface area contributed by atoms with Crippen LogP contribution in [0.3, 0.4) is 0 Å². The van der Waals surface area contributed by atoms with E-state index >= 15 is 0 Å². The molecular formula is C17H14F2N4O2. The highest BCUT2D eigenvalue weighted by atomic mass is 19.2. The van der Waals surface area contributed by atoms with Gasteiger partial charge >= 0.3 is 0 Å². The molecule has 1 aliphatic rings. The first-order chi connectivity index (χ1) is 12.1. The van der Waals surface area contributed by atoms with Crippen LogP contribution in [0.15, 0.2) is 41.1 Å². The molecule has 8 heteroatoms. The fourth-order valence-electron chi connectivity index (χ4n) is 2.51. The highest BCUT2D eigenvalue weighted by Crippen LogP contribution is 2.38. The average molecular weight is 344 g/mol. The van der Waals surface area contributed by atoms with Crippen LogP contribution in [0.5, 0.6) is 0 Å². The van der Waals surface area contributed by atoms with Gasteiger partial charge in [0.1, 0.15) is 5.69 Å². The molecule has 25 heavy (non-hydrogen) atoms. The van der Waals surface area contributed by atoms with Gasteiger partial charge in [0.05, 0.1) is 6.54 Å². The Morgan fingerprint density at radius 3 is 2.88 bits per heavy atom. The van der Waals surface area contributed by atoms with Crippen molar-refractivity contribution in [3.63, 3.8) is 0 Å². The Labute approximate surface area is 141 Å². The van der Waals surface area contributed by atoms with Crippen molar-refractivity contribution in [3.8, 4) is 0 Å². The number of benzene rings is 1. The molecule has 1 fully saturated rings. The zero-order chi connectivity index (χ0) is 17.4. The van der Waals surface area contributed by atoms with Gasteiger partial charge in [-0.2, -0.15) is 4.98 Å². The Bertz CT molecular complexity index is 930. The van der Waals surface area contributed by atoms with Gasteiger partial charge in [0.25, 0.3) is 5.91 Å². The number of hydrogen-bond donors (Lipinski definition) is 1. The number of anilines is 1. The van der Waals surface area contributed by atoms with Crippen molar-refractivity contribution >= 4 is 11.6 Å². The molecule has 4 rings (SSSR count). The number of amides is 1. The molecule has 128 valence electrons. The lowest BCUT2D eigenvalue weighted by molar-refractivity contribution is 0.101. The van der Waals surface area contributed by atoms with Crippen LogP contribution in [0.2, 0.25) is 0 Å². The number of carbonyl (C=O) groups is 1.